The molecule has 0 fully saturated rings. The van der Waals surface area contributed by atoms with Gasteiger partial charge in [-0.25, -0.2) is 0 Å². The molecule has 2 heteroatoms. The number of rotatable bonds is 8. The SMILES string of the molecule is c1ccc(-c2ccc(N(c3ccc(-c4ccccc4)cc3)c3ccc(-c4ccc(-c5ccccc5)c5c4oc4c6ccccc6c(-c6ccccc6)cc45)cc3)cc2)cc1. The summed E-state index contributed by atoms with van der Waals surface area (Å²) in [5, 5.41) is 4.52. The van der Waals surface area contributed by atoms with Gasteiger partial charge in [0.05, 0.1) is 0 Å². The van der Waals surface area contributed by atoms with E-state index in [0.29, 0.717) is 0 Å². The first-order valence-electron chi connectivity index (χ1n) is 20.5. The first kappa shape index (κ1) is 35.2. The van der Waals surface area contributed by atoms with Crippen LogP contribution in [0.15, 0.2) is 241 Å². The van der Waals surface area contributed by atoms with Crippen LogP contribution in [0.3, 0.4) is 0 Å². The first-order valence-corrected chi connectivity index (χ1v) is 20.5. The Labute approximate surface area is 349 Å². The zero-order valence-electron chi connectivity index (χ0n) is 32.9. The smallest absolute Gasteiger partial charge is 0.143 e. The van der Waals surface area contributed by atoms with E-state index in [9.17, 15) is 0 Å². The third kappa shape index (κ3) is 6.32. The van der Waals surface area contributed by atoms with E-state index in [4.69, 9.17) is 4.42 Å². The lowest BCUT2D eigenvalue weighted by Crippen LogP contribution is -2.09. The largest absolute Gasteiger partial charge is 0.455 e. The minimum absolute atomic E-state index is 0.888. The summed E-state index contributed by atoms with van der Waals surface area (Å²) in [6.07, 6.45) is 0. The number of benzene rings is 10. The van der Waals surface area contributed by atoms with Gasteiger partial charge in [-0.3, -0.25) is 0 Å². The molecule has 0 bridgehead atoms. The van der Waals surface area contributed by atoms with Crippen LogP contribution in [0.5, 0.6) is 0 Å². The molecule has 11 aromatic rings. The standard InChI is InChI=1S/C58H39NO/c1-5-15-40(16-6-1)42-25-31-47(32-26-42)59(48-33-27-43(28-34-48)41-17-7-2-8-18-41)49-35-29-46(30-36-49)51-38-37-50(44-19-9-3-10-20-44)56-55-39-54(45-21-11-4-12-22-45)52-23-13-14-24-53(52)57(55)60-58(51)56/h1-39H. The van der Waals surface area contributed by atoms with Gasteiger partial charge in [-0.2, -0.15) is 0 Å². The van der Waals surface area contributed by atoms with Crippen LogP contribution in [0, 0.1) is 0 Å². The van der Waals surface area contributed by atoms with Crippen LogP contribution < -0.4 is 4.90 Å². The van der Waals surface area contributed by atoms with Crippen molar-refractivity contribution in [1.29, 1.82) is 0 Å². The molecule has 0 amide bonds. The van der Waals surface area contributed by atoms with Crippen molar-refractivity contribution in [2.45, 2.75) is 0 Å². The Bertz CT molecular complexity index is 3160. The van der Waals surface area contributed by atoms with Crippen molar-refractivity contribution in [1.82, 2.24) is 0 Å². The monoisotopic (exact) mass is 765 g/mol. The normalized spacial score (nSPS) is 11.3. The lowest BCUT2D eigenvalue weighted by atomic mass is 9.91. The topological polar surface area (TPSA) is 16.4 Å². The molecular formula is C58H39NO. The van der Waals surface area contributed by atoms with Gasteiger partial charge < -0.3 is 9.32 Å². The average molecular weight is 766 g/mol. The fourth-order valence-electron chi connectivity index (χ4n) is 8.75. The molecule has 0 radical (unpaired) electrons. The van der Waals surface area contributed by atoms with Crippen molar-refractivity contribution in [3.8, 4) is 55.6 Å². The zero-order chi connectivity index (χ0) is 39.8. The Kier molecular flexibility index (Phi) is 8.87. The number of furan rings is 1. The lowest BCUT2D eigenvalue weighted by molar-refractivity contribution is 0.674. The third-order valence-electron chi connectivity index (χ3n) is 11.7. The van der Waals surface area contributed by atoms with Gasteiger partial charge in [0.2, 0.25) is 0 Å². The molecule has 1 aromatic heterocycles. The molecule has 2 nitrogen and oxygen atoms in total. The number of fused-ring (bicyclic) bond motifs is 5. The number of nitrogens with zero attached hydrogens (tertiary/aromatic N) is 1. The van der Waals surface area contributed by atoms with Gasteiger partial charge in [0, 0.05) is 38.8 Å². The van der Waals surface area contributed by atoms with Crippen LogP contribution >= 0.6 is 0 Å². The highest BCUT2D eigenvalue weighted by atomic mass is 16.3. The van der Waals surface area contributed by atoms with E-state index >= 15 is 0 Å². The van der Waals surface area contributed by atoms with E-state index < -0.39 is 0 Å². The van der Waals surface area contributed by atoms with Crippen LogP contribution in [0.4, 0.5) is 17.1 Å². The second-order valence-corrected chi connectivity index (χ2v) is 15.3. The summed E-state index contributed by atoms with van der Waals surface area (Å²) in [4.78, 5) is 2.33. The van der Waals surface area contributed by atoms with E-state index in [1.165, 1.54) is 38.8 Å². The van der Waals surface area contributed by atoms with Crippen molar-refractivity contribution < 1.29 is 4.42 Å². The van der Waals surface area contributed by atoms with Crippen LogP contribution in [0.1, 0.15) is 0 Å². The van der Waals surface area contributed by atoms with Crippen molar-refractivity contribution in [2.75, 3.05) is 4.90 Å². The van der Waals surface area contributed by atoms with Gasteiger partial charge in [0.25, 0.3) is 0 Å². The molecule has 0 aliphatic rings. The minimum atomic E-state index is 0.888. The van der Waals surface area contributed by atoms with Crippen molar-refractivity contribution in [3.63, 3.8) is 0 Å². The van der Waals surface area contributed by atoms with Crippen LogP contribution in [0.2, 0.25) is 0 Å². The Hall–Kier alpha value is -7.94. The summed E-state index contributed by atoms with van der Waals surface area (Å²) in [6, 6.07) is 84.5. The third-order valence-corrected chi connectivity index (χ3v) is 11.7. The number of anilines is 3. The highest BCUT2D eigenvalue weighted by Gasteiger charge is 2.21. The Morgan fingerprint density at radius 2 is 0.617 bits per heavy atom. The Morgan fingerprint density at radius 1 is 0.250 bits per heavy atom. The fourth-order valence-corrected chi connectivity index (χ4v) is 8.75. The van der Waals surface area contributed by atoms with Crippen LogP contribution in [-0.4, -0.2) is 0 Å². The lowest BCUT2D eigenvalue weighted by Gasteiger charge is -2.26. The van der Waals surface area contributed by atoms with Gasteiger partial charge in [-0.15, -0.1) is 0 Å². The summed E-state index contributed by atoms with van der Waals surface area (Å²) in [7, 11) is 0. The molecule has 11 rings (SSSR count). The van der Waals surface area contributed by atoms with Crippen molar-refractivity contribution in [3.05, 3.63) is 237 Å². The molecule has 0 saturated heterocycles. The number of hydrogen-bond donors (Lipinski definition) is 0. The average Bonchev–Trinajstić information content (AvgIpc) is 3.73. The molecule has 0 unspecified atom stereocenters. The quantitative estimate of drug-likeness (QED) is 0.153. The maximum atomic E-state index is 7.11. The summed E-state index contributed by atoms with van der Waals surface area (Å²) >= 11 is 0. The summed E-state index contributed by atoms with van der Waals surface area (Å²) in [5.74, 6) is 0. The summed E-state index contributed by atoms with van der Waals surface area (Å²) < 4.78 is 7.11. The molecule has 1 heterocycles. The molecule has 10 aromatic carbocycles. The first-order chi connectivity index (χ1) is 29.8. The van der Waals surface area contributed by atoms with Crippen LogP contribution in [0.25, 0.3) is 88.3 Å². The van der Waals surface area contributed by atoms with Gasteiger partial charge in [-0.1, -0.05) is 188 Å². The van der Waals surface area contributed by atoms with E-state index in [1.54, 1.807) is 0 Å². The Balaban J connectivity index is 1.06. The van der Waals surface area contributed by atoms with E-state index in [-0.39, 0.29) is 0 Å². The highest BCUT2D eigenvalue weighted by Crippen LogP contribution is 2.46. The molecule has 0 N–H and O–H groups in total. The predicted octanol–water partition coefficient (Wildman–Crippen LogP) is 16.5. The Morgan fingerprint density at radius 3 is 1.12 bits per heavy atom. The van der Waals surface area contributed by atoms with Gasteiger partial charge in [0.15, 0.2) is 0 Å². The molecule has 60 heavy (non-hydrogen) atoms. The summed E-state index contributed by atoms with van der Waals surface area (Å²) in [6.45, 7) is 0. The summed E-state index contributed by atoms with van der Waals surface area (Å²) in [5.41, 5.74) is 16.7. The minimum Gasteiger partial charge on any atom is -0.455 e. The fraction of sp³-hybridized carbons (Fsp3) is 0. The number of hydrogen-bond acceptors (Lipinski definition) is 2. The van der Waals surface area contributed by atoms with Gasteiger partial charge in [-0.05, 0) is 104 Å². The van der Waals surface area contributed by atoms with Crippen molar-refractivity contribution in [2.24, 2.45) is 0 Å². The van der Waals surface area contributed by atoms with E-state index in [0.717, 1.165) is 66.6 Å². The molecule has 0 saturated carbocycles. The van der Waals surface area contributed by atoms with Crippen molar-refractivity contribution >= 4 is 49.8 Å². The van der Waals surface area contributed by atoms with E-state index in [1.807, 2.05) is 0 Å². The second-order valence-electron chi connectivity index (χ2n) is 15.3. The molecule has 282 valence electrons. The molecular weight excluding hydrogens is 727 g/mol. The maximum absolute atomic E-state index is 7.11. The van der Waals surface area contributed by atoms with Gasteiger partial charge >= 0.3 is 0 Å². The van der Waals surface area contributed by atoms with Gasteiger partial charge in [0.1, 0.15) is 11.2 Å². The molecule has 0 atom stereocenters. The predicted molar refractivity (Wildman–Crippen MR) is 253 cm³/mol. The molecule has 0 aliphatic heterocycles. The molecule has 0 spiro atoms. The maximum Gasteiger partial charge on any atom is 0.143 e. The molecule has 0 aliphatic carbocycles. The van der Waals surface area contributed by atoms with Crippen LogP contribution in [-0.2, 0) is 0 Å². The van der Waals surface area contributed by atoms with E-state index in [2.05, 4.69) is 241 Å². The zero-order valence-corrected chi connectivity index (χ0v) is 32.9. The second kappa shape index (κ2) is 15.1. The highest BCUT2D eigenvalue weighted by molar-refractivity contribution is 6.24.